The number of hydrogen-bond donors (Lipinski definition) is 1. The zero-order valence-corrected chi connectivity index (χ0v) is 12.7. The van der Waals surface area contributed by atoms with E-state index in [2.05, 4.69) is 32.9 Å². The van der Waals surface area contributed by atoms with Crippen LogP contribution in [0, 0.1) is 0 Å². The van der Waals surface area contributed by atoms with E-state index in [1.165, 1.54) is 50.8 Å². The van der Waals surface area contributed by atoms with Crippen LogP contribution in [0.2, 0.25) is 0 Å². The lowest BCUT2D eigenvalue weighted by atomic mass is 10.0. The molecule has 1 aromatic heterocycles. The molecule has 2 aliphatic rings. The van der Waals surface area contributed by atoms with Crippen LogP contribution < -0.4 is 5.32 Å². The lowest BCUT2D eigenvalue weighted by Crippen LogP contribution is -2.45. The normalized spacial score (nSPS) is 24.1. The van der Waals surface area contributed by atoms with Gasteiger partial charge in [-0.3, -0.25) is 4.90 Å². The van der Waals surface area contributed by atoms with Gasteiger partial charge in [-0.1, -0.05) is 13.3 Å². The van der Waals surface area contributed by atoms with Crippen LogP contribution in [0.4, 0.5) is 0 Å². The molecule has 1 aromatic rings. The summed E-state index contributed by atoms with van der Waals surface area (Å²) in [5.74, 6) is 0. The van der Waals surface area contributed by atoms with Crippen molar-refractivity contribution in [2.24, 2.45) is 0 Å². The van der Waals surface area contributed by atoms with Gasteiger partial charge in [-0.25, -0.2) is 4.98 Å². The molecule has 1 N–H and O–H groups in total. The molecule has 1 unspecified atom stereocenters. The second-order valence-electron chi connectivity index (χ2n) is 6.35. The average molecular weight is 276 g/mol. The second kappa shape index (κ2) is 6.72. The molecule has 1 atom stereocenters. The number of aromatic nitrogens is 2. The maximum atomic E-state index is 4.37. The van der Waals surface area contributed by atoms with E-state index in [0.717, 1.165) is 25.7 Å². The average Bonchev–Trinajstić information content (AvgIpc) is 3.21. The van der Waals surface area contributed by atoms with Gasteiger partial charge in [-0.2, -0.15) is 0 Å². The molecule has 0 aromatic carbocycles. The summed E-state index contributed by atoms with van der Waals surface area (Å²) >= 11 is 0. The van der Waals surface area contributed by atoms with Crippen molar-refractivity contribution in [2.45, 2.75) is 64.1 Å². The van der Waals surface area contributed by atoms with Gasteiger partial charge in [0.1, 0.15) is 0 Å². The van der Waals surface area contributed by atoms with Gasteiger partial charge in [0.15, 0.2) is 0 Å². The van der Waals surface area contributed by atoms with Gasteiger partial charge >= 0.3 is 0 Å². The van der Waals surface area contributed by atoms with Gasteiger partial charge in [0.25, 0.3) is 0 Å². The summed E-state index contributed by atoms with van der Waals surface area (Å²) in [7, 11) is 0. The molecule has 1 aliphatic heterocycles. The number of rotatable bonds is 7. The van der Waals surface area contributed by atoms with Gasteiger partial charge in [0.2, 0.25) is 0 Å². The number of likely N-dealkylation sites (tertiary alicyclic amines) is 1. The van der Waals surface area contributed by atoms with Crippen molar-refractivity contribution < 1.29 is 0 Å². The van der Waals surface area contributed by atoms with Gasteiger partial charge in [0.05, 0.1) is 12.0 Å². The Morgan fingerprint density at radius 3 is 3.00 bits per heavy atom. The Kier molecular flexibility index (Phi) is 4.73. The number of nitrogens with one attached hydrogen (secondary N) is 1. The molecule has 0 amide bonds. The Bertz CT molecular complexity index is 410. The third kappa shape index (κ3) is 3.41. The second-order valence-corrected chi connectivity index (χ2v) is 6.35. The van der Waals surface area contributed by atoms with E-state index in [1.807, 2.05) is 6.33 Å². The topological polar surface area (TPSA) is 33.1 Å². The molecule has 4 nitrogen and oxygen atoms in total. The number of hydrogen-bond acceptors (Lipinski definition) is 3. The molecule has 20 heavy (non-hydrogen) atoms. The minimum atomic E-state index is 0.706. The highest BCUT2D eigenvalue weighted by Gasteiger charge is 2.27. The highest BCUT2D eigenvalue weighted by Crippen LogP contribution is 2.36. The Labute approximate surface area is 122 Å². The number of imidazole rings is 1. The molecule has 1 aliphatic carbocycles. The van der Waals surface area contributed by atoms with Crippen molar-refractivity contribution in [1.29, 1.82) is 0 Å². The summed E-state index contributed by atoms with van der Waals surface area (Å²) in [6.45, 7) is 6.85. The first-order valence-electron chi connectivity index (χ1n) is 8.34. The molecule has 3 rings (SSSR count). The molecule has 4 heteroatoms. The summed E-state index contributed by atoms with van der Waals surface area (Å²) in [6, 6.07) is 1.45. The zero-order chi connectivity index (χ0) is 13.8. The summed E-state index contributed by atoms with van der Waals surface area (Å²) in [5, 5.41) is 3.60. The molecule has 0 bridgehead atoms. The van der Waals surface area contributed by atoms with E-state index in [-0.39, 0.29) is 0 Å². The molecule has 1 saturated heterocycles. The van der Waals surface area contributed by atoms with Crippen molar-refractivity contribution in [3.8, 4) is 0 Å². The molecule has 0 spiro atoms. The van der Waals surface area contributed by atoms with Gasteiger partial charge in [-0.15, -0.1) is 0 Å². The molecule has 2 heterocycles. The van der Waals surface area contributed by atoms with Crippen LogP contribution in [0.25, 0.3) is 0 Å². The smallest absolute Gasteiger partial charge is 0.0951 e. The van der Waals surface area contributed by atoms with Gasteiger partial charge < -0.3 is 9.88 Å². The predicted octanol–water partition coefficient (Wildman–Crippen LogP) is 2.57. The van der Waals surface area contributed by atoms with Crippen LogP contribution in [0.15, 0.2) is 12.5 Å². The molecule has 1 saturated carbocycles. The summed E-state index contributed by atoms with van der Waals surface area (Å²) in [5.41, 5.74) is 1.41. The van der Waals surface area contributed by atoms with Crippen molar-refractivity contribution in [3.05, 3.63) is 18.2 Å². The third-order valence-corrected chi connectivity index (χ3v) is 4.61. The van der Waals surface area contributed by atoms with Gasteiger partial charge in [-0.05, 0) is 45.2 Å². The summed E-state index contributed by atoms with van der Waals surface area (Å²) in [6.07, 6.45) is 12.1. The van der Waals surface area contributed by atoms with Crippen LogP contribution in [0.3, 0.4) is 0 Å². The molecule has 112 valence electrons. The standard InChI is InChI=1S/C16H28N4/c1-2-8-17-10-15-5-3-4-9-19(15)12-16-11-18-13-20(16)14-6-7-14/h11,13-15,17H,2-10,12H2,1H3. The maximum absolute atomic E-state index is 4.37. The van der Waals surface area contributed by atoms with Crippen molar-refractivity contribution in [2.75, 3.05) is 19.6 Å². The third-order valence-electron chi connectivity index (χ3n) is 4.61. The lowest BCUT2D eigenvalue weighted by Gasteiger charge is -2.36. The fourth-order valence-corrected chi connectivity index (χ4v) is 3.29. The van der Waals surface area contributed by atoms with Crippen LogP contribution in [-0.2, 0) is 6.54 Å². The van der Waals surface area contributed by atoms with Gasteiger partial charge in [0, 0.05) is 31.4 Å². The largest absolute Gasteiger partial charge is 0.330 e. The van der Waals surface area contributed by atoms with Crippen LogP contribution in [-0.4, -0.2) is 40.1 Å². The van der Waals surface area contributed by atoms with Crippen LogP contribution in [0.5, 0.6) is 0 Å². The Morgan fingerprint density at radius 1 is 1.30 bits per heavy atom. The van der Waals surface area contributed by atoms with Crippen molar-refractivity contribution in [1.82, 2.24) is 19.8 Å². The van der Waals surface area contributed by atoms with Crippen molar-refractivity contribution >= 4 is 0 Å². The van der Waals surface area contributed by atoms with E-state index in [0.29, 0.717) is 6.04 Å². The van der Waals surface area contributed by atoms with Crippen LogP contribution in [0.1, 0.15) is 57.2 Å². The fourth-order valence-electron chi connectivity index (χ4n) is 3.29. The van der Waals surface area contributed by atoms with E-state index < -0.39 is 0 Å². The minimum absolute atomic E-state index is 0.706. The lowest BCUT2D eigenvalue weighted by molar-refractivity contribution is 0.134. The monoisotopic (exact) mass is 276 g/mol. The summed E-state index contributed by atoms with van der Waals surface area (Å²) in [4.78, 5) is 7.04. The molecular formula is C16H28N4. The summed E-state index contributed by atoms with van der Waals surface area (Å²) < 4.78 is 2.41. The zero-order valence-electron chi connectivity index (χ0n) is 12.7. The minimum Gasteiger partial charge on any atom is -0.330 e. The van der Waals surface area contributed by atoms with E-state index >= 15 is 0 Å². The first-order chi connectivity index (χ1) is 9.88. The highest BCUT2D eigenvalue weighted by atomic mass is 15.2. The molecular weight excluding hydrogens is 248 g/mol. The Morgan fingerprint density at radius 2 is 2.20 bits per heavy atom. The predicted molar refractivity (Wildman–Crippen MR) is 81.7 cm³/mol. The van der Waals surface area contributed by atoms with E-state index in [1.54, 1.807) is 0 Å². The Balaban J connectivity index is 1.59. The molecule has 2 fully saturated rings. The Hall–Kier alpha value is -0.870. The SMILES string of the molecule is CCCNCC1CCCCN1Cc1cncn1C1CC1. The highest BCUT2D eigenvalue weighted by molar-refractivity contribution is 5.04. The van der Waals surface area contributed by atoms with E-state index in [9.17, 15) is 0 Å². The molecule has 0 radical (unpaired) electrons. The first kappa shape index (κ1) is 14.1. The maximum Gasteiger partial charge on any atom is 0.0951 e. The first-order valence-corrected chi connectivity index (χ1v) is 8.34. The van der Waals surface area contributed by atoms with Crippen molar-refractivity contribution in [3.63, 3.8) is 0 Å². The van der Waals surface area contributed by atoms with E-state index in [4.69, 9.17) is 0 Å². The fraction of sp³-hybridized carbons (Fsp3) is 0.812. The number of nitrogens with zero attached hydrogens (tertiary/aromatic N) is 3. The number of piperidine rings is 1. The quantitative estimate of drug-likeness (QED) is 0.777. The van der Waals surface area contributed by atoms with Crippen LogP contribution >= 0.6 is 0 Å².